The molecule has 8 nitrogen and oxygen atoms in total. The van der Waals surface area contributed by atoms with Crippen LogP contribution in [-0.2, 0) is 11.2 Å². The molecule has 3 amide bonds. The summed E-state index contributed by atoms with van der Waals surface area (Å²) >= 11 is 2.26. The van der Waals surface area contributed by atoms with Crippen molar-refractivity contribution in [3.63, 3.8) is 0 Å². The summed E-state index contributed by atoms with van der Waals surface area (Å²) in [5.41, 5.74) is 3.41. The van der Waals surface area contributed by atoms with Crippen molar-refractivity contribution >= 4 is 34.5 Å². The third-order valence-electron chi connectivity index (χ3n) is 6.19. The van der Waals surface area contributed by atoms with Crippen molar-refractivity contribution < 1.29 is 19.4 Å². The molecule has 1 saturated heterocycles. The zero-order valence-electron chi connectivity index (χ0n) is 19.8. The number of hydrogen-bond donors (Lipinski definition) is 3. The minimum atomic E-state index is -0.816. The third kappa shape index (κ3) is 5.52. The molecule has 4 aromatic rings. The summed E-state index contributed by atoms with van der Waals surface area (Å²) < 4.78 is 6.53. The Labute approximate surface area is 227 Å². The number of aromatic amines is 1. The van der Waals surface area contributed by atoms with Crippen LogP contribution in [0.25, 0.3) is 11.3 Å². The van der Waals surface area contributed by atoms with Crippen LogP contribution in [0.1, 0.15) is 29.0 Å². The lowest BCUT2D eigenvalue weighted by Crippen LogP contribution is -2.36. The van der Waals surface area contributed by atoms with Crippen LogP contribution >= 0.6 is 22.6 Å². The number of nitrogens with zero attached hydrogens (tertiary/aromatic N) is 2. The quantitative estimate of drug-likeness (QED) is 0.190. The Bertz CT molecular complexity index is 1370. The molecule has 0 bridgehead atoms. The maximum atomic E-state index is 13.6. The van der Waals surface area contributed by atoms with Gasteiger partial charge >= 0.3 is 6.03 Å². The van der Waals surface area contributed by atoms with Crippen molar-refractivity contribution in [3.8, 4) is 17.0 Å². The summed E-state index contributed by atoms with van der Waals surface area (Å²) in [6, 6.07) is 22.8. The van der Waals surface area contributed by atoms with Gasteiger partial charge in [-0.3, -0.25) is 9.69 Å². The number of rotatable bonds is 9. The maximum absolute atomic E-state index is 13.6. The van der Waals surface area contributed by atoms with Crippen LogP contribution in [0.5, 0.6) is 5.75 Å². The van der Waals surface area contributed by atoms with Crippen LogP contribution in [0.15, 0.2) is 85.1 Å². The van der Waals surface area contributed by atoms with Gasteiger partial charge in [-0.05, 0) is 63.5 Å². The average molecular weight is 608 g/mol. The van der Waals surface area contributed by atoms with Gasteiger partial charge in [0.15, 0.2) is 0 Å². The van der Waals surface area contributed by atoms with E-state index in [0.29, 0.717) is 23.6 Å². The van der Waals surface area contributed by atoms with Gasteiger partial charge in [0.25, 0.3) is 5.91 Å². The monoisotopic (exact) mass is 608 g/mol. The van der Waals surface area contributed by atoms with Gasteiger partial charge in [0, 0.05) is 9.99 Å². The number of carbonyl (C=O) groups excluding carboxylic acids is 2. The number of H-pyrrole nitrogens is 1. The van der Waals surface area contributed by atoms with Crippen molar-refractivity contribution in [2.45, 2.75) is 18.5 Å². The summed E-state index contributed by atoms with van der Waals surface area (Å²) in [6.07, 6.45) is 2.15. The van der Waals surface area contributed by atoms with E-state index in [9.17, 15) is 9.59 Å². The number of ether oxygens (including phenoxy) is 1. The van der Waals surface area contributed by atoms with E-state index in [1.54, 1.807) is 30.5 Å². The Hall–Kier alpha value is -3.70. The molecular weight excluding hydrogens is 583 g/mol. The van der Waals surface area contributed by atoms with Gasteiger partial charge < -0.3 is 20.1 Å². The van der Waals surface area contributed by atoms with E-state index < -0.39 is 18.1 Å². The first kappa shape index (κ1) is 25.0. The van der Waals surface area contributed by atoms with Gasteiger partial charge in [0.2, 0.25) is 0 Å². The van der Waals surface area contributed by atoms with Crippen molar-refractivity contribution in [1.29, 1.82) is 0 Å². The number of hydrogen-bond acceptors (Lipinski definition) is 5. The highest BCUT2D eigenvalue weighted by Crippen LogP contribution is 2.33. The minimum absolute atomic E-state index is 0.0885. The SMILES string of the molecule is O=C1NC(c2ccc(OCCO)cc2)C(=O)N1[C@@H](Cc1ccccc1)c1ncc(-c2ccc(I)cc2)[nH]1. The smallest absolute Gasteiger partial charge is 0.325 e. The number of imide groups is 1. The highest BCUT2D eigenvalue weighted by Gasteiger charge is 2.44. The van der Waals surface area contributed by atoms with Gasteiger partial charge in [-0.15, -0.1) is 0 Å². The van der Waals surface area contributed by atoms with E-state index in [2.05, 4.69) is 37.9 Å². The van der Waals surface area contributed by atoms with E-state index >= 15 is 0 Å². The zero-order chi connectivity index (χ0) is 25.8. The summed E-state index contributed by atoms with van der Waals surface area (Å²) in [5, 5.41) is 11.8. The number of amides is 3. The van der Waals surface area contributed by atoms with Crippen LogP contribution in [0.2, 0.25) is 0 Å². The fraction of sp³-hybridized carbons (Fsp3) is 0.179. The second kappa shape index (κ2) is 11.1. The van der Waals surface area contributed by atoms with Crippen molar-refractivity contribution in [3.05, 3.63) is 106 Å². The normalized spacial score (nSPS) is 16.1. The molecule has 1 aliphatic rings. The summed E-state index contributed by atoms with van der Waals surface area (Å²) in [5.74, 6) is 0.767. The molecule has 2 heterocycles. The van der Waals surface area contributed by atoms with Crippen LogP contribution in [-0.4, -0.2) is 45.1 Å². The van der Waals surface area contributed by atoms with Crippen molar-refractivity contribution in [2.75, 3.05) is 13.2 Å². The fourth-order valence-electron chi connectivity index (χ4n) is 4.36. The molecule has 0 aliphatic carbocycles. The molecule has 3 aromatic carbocycles. The molecule has 1 fully saturated rings. The van der Waals surface area contributed by atoms with Gasteiger partial charge in [-0.25, -0.2) is 9.78 Å². The number of benzene rings is 3. The number of nitrogens with one attached hydrogen (secondary N) is 2. The third-order valence-corrected chi connectivity index (χ3v) is 6.91. The predicted molar refractivity (Wildman–Crippen MR) is 147 cm³/mol. The first-order valence-corrected chi connectivity index (χ1v) is 12.9. The van der Waals surface area contributed by atoms with Gasteiger partial charge in [-0.2, -0.15) is 0 Å². The summed E-state index contributed by atoms with van der Waals surface area (Å²) in [6.45, 7) is 0.0927. The number of imidazole rings is 1. The van der Waals surface area contributed by atoms with Gasteiger partial charge in [0.1, 0.15) is 30.3 Å². The molecule has 37 heavy (non-hydrogen) atoms. The molecule has 1 aliphatic heterocycles. The average Bonchev–Trinajstić information content (AvgIpc) is 3.52. The Morgan fingerprint density at radius 1 is 1.00 bits per heavy atom. The van der Waals surface area contributed by atoms with E-state index in [1.807, 2.05) is 54.6 Å². The minimum Gasteiger partial charge on any atom is -0.491 e. The van der Waals surface area contributed by atoms with Gasteiger partial charge in [0.05, 0.1) is 18.5 Å². The number of aliphatic hydroxyl groups excluding tert-OH is 1. The maximum Gasteiger partial charge on any atom is 0.325 e. The number of carbonyl (C=O) groups is 2. The molecule has 188 valence electrons. The van der Waals surface area contributed by atoms with Crippen molar-refractivity contribution in [1.82, 2.24) is 20.2 Å². The molecular formula is C28H25IN4O4. The highest BCUT2D eigenvalue weighted by molar-refractivity contribution is 14.1. The second-order valence-electron chi connectivity index (χ2n) is 8.63. The standard InChI is InChI=1S/C28H25IN4O4/c29-21-10-6-19(7-11-21)23-17-30-26(31-23)24(16-18-4-2-1-3-5-18)33-27(35)25(32-28(33)36)20-8-12-22(13-9-20)37-15-14-34/h1-13,17,24-25,34H,14-16H2,(H,30,31)(H,32,36)/t24-,25?/m0/s1. The van der Waals surface area contributed by atoms with E-state index in [4.69, 9.17) is 9.84 Å². The molecule has 5 rings (SSSR count). The summed E-state index contributed by atoms with van der Waals surface area (Å²) in [4.78, 5) is 36.0. The Kier molecular flexibility index (Phi) is 7.52. The molecule has 0 saturated carbocycles. The lowest BCUT2D eigenvalue weighted by atomic mass is 10.0. The van der Waals surface area contributed by atoms with Crippen molar-refractivity contribution in [2.24, 2.45) is 0 Å². The fourth-order valence-corrected chi connectivity index (χ4v) is 4.72. The largest absolute Gasteiger partial charge is 0.491 e. The van der Waals surface area contributed by atoms with Crippen LogP contribution in [0, 0.1) is 3.57 Å². The zero-order valence-corrected chi connectivity index (χ0v) is 22.0. The van der Waals surface area contributed by atoms with Gasteiger partial charge in [-0.1, -0.05) is 54.6 Å². The highest BCUT2D eigenvalue weighted by atomic mass is 127. The molecule has 2 atom stereocenters. The number of aliphatic hydroxyl groups is 1. The molecule has 1 unspecified atom stereocenters. The Morgan fingerprint density at radius 2 is 1.73 bits per heavy atom. The molecule has 0 radical (unpaired) electrons. The first-order valence-electron chi connectivity index (χ1n) is 11.9. The second-order valence-corrected chi connectivity index (χ2v) is 9.87. The molecule has 1 aromatic heterocycles. The molecule has 9 heteroatoms. The lowest BCUT2D eigenvalue weighted by molar-refractivity contribution is -0.129. The number of halogens is 1. The van der Waals surface area contributed by atoms with Crippen LogP contribution < -0.4 is 10.1 Å². The van der Waals surface area contributed by atoms with E-state index in [-0.39, 0.29) is 19.1 Å². The number of urea groups is 1. The predicted octanol–water partition coefficient (Wildman–Crippen LogP) is 4.63. The topological polar surface area (TPSA) is 108 Å². The number of aromatic nitrogens is 2. The Balaban J connectivity index is 1.44. The van der Waals surface area contributed by atoms with Crippen LogP contribution in [0.4, 0.5) is 4.79 Å². The first-order chi connectivity index (χ1) is 18.0. The molecule has 3 N–H and O–H groups in total. The lowest BCUT2D eigenvalue weighted by Gasteiger charge is -2.24. The summed E-state index contributed by atoms with van der Waals surface area (Å²) in [7, 11) is 0. The van der Waals surface area contributed by atoms with E-state index in [1.165, 1.54) is 4.90 Å². The van der Waals surface area contributed by atoms with E-state index in [0.717, 1.165) is 20.4 Å². The molecule has 0 spiro atoms. The van der Waals surface area contributed by atoms with Crippen LogP contribution in [0.3, 0.4) is 0 Å². The Morgan fingerprint density at radius 3 is 2.43 bits per heavy atom.